The quantitative estimate of drug-likeness (QED) is 0.808. The molecule has 1 aromatic carbocycles. The van der Waals surface area contributed by atoms with Crippen molar-refractivity contribution in [1.82, 2.24) is 10.2 Å². The first-order valence-corrected chi connectivity index (χ1v) is 8.98. The van der Waals surface area contributed by atoms with Crippen molar-refractivity contribution in [3.8, 4) is 0 Å². The van der Waals surface area contributed by atoms with Crippen molar-refractivity contribution in [2.24, 2.45) is 5.41 Å². The third-order valence-electron chi connectivity index (χ3n) is 6.18. The van der Waals surface area contributed by atoms with E-state index in [4.69, 9.17) is 4.74 Å². The summed E-state index contributed by atoms with van der Waals surface area (Å²) in [5, 5.41) is 13.7. The van der Waals surface area contributed by atoms with Gasteiger partial charge in [0, 0.05) is 18.7 Å². The van der Waals surface area contributed by atoms with E-state index in [0.717, 1.165) is 55.6 Å². The average Bonchev–Trinajstić information content (AvgIpc) is 3.15. The zero-order chi connectivity index (χ0) is 17.6. The van der Waals surface area contributed by atoms with Crippen molar-refractivity contribution < 1.29 is 19.4 Å². The van der Waals surface area contributed by atoms with Gasteiger partial charge in [-0.2, -0.15) is 0 Å². The van der Waals surface area contributed by atoms with Gasteiger partial charge < -0.3 is 20.1 Å². The van der Waals surface area contributed by atoms with Gasteiger partial charge in [-0.25, -0.2) is 4.79 Å². The van der Waals surface area contributed by atoms with E-state index in [0.29, 0.717) is 18.7 Å². The molecule has 0 aliphatic carbocycles. The molecule has 2 saturated heterocycles. The van der Waals surface area contributed by atoms with Gasteiger partial charge in [0.2, 0.25) is 5.91 Å². The molecule has 1 aromatic rings. The van der Waals surface area contributed by atoms with E-state index >= 15 is 0 Å². The predicted octanol–water partition coefficient (Wildman–Crippen LogP) is 1.30. The number of nitrogens with one attached hydrogen (secondary N) is 1. The SMILES string of the molecule is Cc1c([C@@H](O)CN2CCC3(CCNC3=O)CC2)ccc2c1COC2=O. The van der Waals surface area contributed by atoms with Crippen LogP contribution >= 0.6 is 0 Å². The number of cyclic esters (lactones) is 1. The van der Waals surface area contributed by atoms with Gasteiger partial charge in [-0.05, 0) is 56.5 Å². The van der Waals surface area contributed by atoms with Crippen LogP contribution in [0.1, 0.15) is 52.4 Å². The lowest BCUT2D eigenvalue weighted by Gasteiger charge is -2.38. The minimum Gasteiger partial charge on any atom is -0.457 e. The van der Waals surface area contributed by atoms with Gasteiger partial charge in [0.05, 0.1) is 17.1 Å². The van der Waals surface area contributed by atoms with Crippen LogP contribution in [0.5, 0.6) is 0 Å². The molecule has 0 unspecified atom stereocenters. The van der Waals surface area contributed by atoms with Crippen molar-refractivity contribution in [3.05, 3.63) is 34.4 Å². The summed E-state index contributed by atoms with van der Waals surface area (Å²) in [4.78, 5) is 25.9. The number of aliphatic hydroxyl groups is 1. The summed E-state index contributed by atoms with van der Waals surface area (Å²) in [5.41, 5.74) is 3.13. The fourth-order valence-electron chi connectivity index (χ4n) is 4.43. The van der Waals surface area contributed by atoms with Crippen molar-refractivity contribution in [3.63, 3.8) is 0 Å². The first kappa shape index (κ1) is 16.5. The molecule has 25 heavy (non-hydrogen) atoms. The molecule has 3 aliphatic rings. The predicted molar refractivity (Wildman–Crippen MR) is 91.0 cm³/mol. The van der Waals surface area contributed by atoms with Crippen molar-refractivity contribution in [2.45, 2.75) is 38.9 Å². The summed E-state index contributed by atoms with van der Waals surface area (Å²) in [6.07, 6.45) is 2.04. The highest BCUT2D eigenvalue weighted by Gasteiger charge is 2.44. The minimum atomic E-state index is -0.604. The number of carbonyl (C=O) groups is 2. The molecule has 2 N–H and O–H groups in total. The smallest absolute Gasteiger partial charge is 0.338 e. The second kappa shape index (κ2) is 6.11. The van der Waals surface area contributed by atoms with Gasteiger partial charge in [0.1, 0.15) is 6.61 Å². The highest BCUT2D eigenvalue weighted by molar-refractivity contribution is 5.94. The van der Waals surface area contributed by atoms with Crippen molar-refractivity contribution in [2.75, 3.05) is 26.2 Å². The number of carbonyl (C=O) groups excluding carboxylic acids is 2. The molecule has 3 aliphatic heterocycles. The summed E-state index contributed by atoms with van der Waals surface area (Å²) in [7, 11) is 0. The number of benzene rings is 1. The van der Waals surface area contributed by atoms with E-state index in [1.165, 1.54) is 0 Å². The molecule has 1 atom stereocenters. The third kappa shape index (κ3) is 2.73. The van der Waals surface area contributed by atoms with Crippen LogP contribution in [0.2, 0.25) is 0 Å². The first-order valence-electron chi connectivity index (χ1n) is 8.98. The largest absolute Gasteiger partial charge is 0.457 e. The lowest BCUT2D eigenvalue weighted by atomic mass is 9.77. The van der Waals surface area contributed by atoms with Gasteiger partial charge in [-0.3, -0.25) is 4.79 Å². The molecular weight excluding hydrogens is 320 g/mol. The van der Waals surface area contributed by atoms with Crippen LogP contribution in [0.3, 0.4) is 0 Å². The molecule has 1 amide bonds. The number of rotatable bonds is 3. The molecule has 134 valence electrons. The van der Waals surface area contributed by atoms with E-state index in [-0.39, 0.29) is 17.3 Å². The fraction of sp³-hybridized carbons (Fsp3) is 0.579. The number of esters is 1. The first-order chi connectivity index (χ1) is 12.0. The number of ether oxygens (including phenoxy) is 1. The van der Waals surface area contributed by atoms with Crippen LogP contribution in [0, 0.1) is 12.3 Å². The second-order valence-electron chi connectivity index (χ2n) is 7.48. The number of nitrogens with zero attached hydrogens (tertiary/aromatic N) is 1. The average molecular weight is 344 g/mol. The monoisotopic (exact) mass is 344 g/mol. The Morgan fingerprint density at radius 1 is 1.28 bits per heavy atom. The Balaban J connectivity index is 1.43. The Hall–Kier alpha value is -1.92. The van der Waals surface area contributed by atoms with E-state index < -0.39 is 6.10 Å². The lowest BCUT2D eigenvalue weighted by molar-refractivity contribution is -0.130. The standard InChI is InChI=1S/C19H24N2O4/c1-12-13(2-3-14-15(12)11-25-17(14)23)16(22)10-21-8-5-19(6-9-21)4-7-20-18(19)24/h2-3,16,22H,4-11H2,1H3,(H,20,24)/t16-/m0/s1. The van der Waals surface area contributed by atoms with E-state index in [2.05, 4.69) is 10.2 Å². The summed E-state index contributed by atoms with van der Waals surface area (Å²) in [6, 6.07) is 3.59. The molecule has 0 radical (unpaired) electrons. The molecular formula is C19H24N2O4. The number of fused-ring (bicyclic) bond motifs is 1. The van der Waals surface area contributed by atoms with Crippen LogP contribution in [-0.4, -0.2) is 48.1 Å². The third-order valence-corrected chi connectivity index (χ3v) is 6.18. The van der Waals surface area contributed by atoms with Crippen LogP contribution in [0.25, 0.3) is 0 Å². The number of piperidine rings is 1. The molecule has 0 bridgehead atoms. The molecule has 6 heteroatoms. The normalized spacial score (nSPS) is 23.4. The molecule has 2 fully saturated rings. The Morgan fingerprint density at radius 3 is 2.72 bits per heavy atom. The van der Waals surface area contributed by atoms with Crippen LogP contribution < -0.4 is 5.32 Å². The van der Waals surface area contributed by atoms with Gasteiger partial charge in [0.25, 0.3) is 0 Å². The number of hydrogen-bond donors (Lipinski definition) is 2. The molecule has 1 spiro atoms. The summed E-state index contributed by atoms with van der Waals surface area (Å²) >= 11 is 0. The summed E-state index contributed by atoms with van der Waals surface area (Å²) in [5.74, 6) is -0.0814. The molecule has 0 saturated carbocycles. The Labute approximate surface area is 147 Å². The zero-order valence-electron chi connectivity index (χ0n) is 14.5. The zero-order valence-corrected chi connectivity index (χ0v) is 14.5. The molecule has 3 heterocycles. The maximum Gasteiger partial charge on any atom is 0.338 e. The summed E-state index contributed by atoms with van der Waals surface area (Å²) in [6.45, 7) is 5.23. The molecule has 0 aromatic heterocycles. The maximum absolute atomic E-state index is 12.1. The lowest BCUT2D eigenvalue weighted by Crippen LogP contribution is -2.45. The topological polar surface area (TPSA) is 78.9 Å². The van der Waals surface area contributed by atoms with Crippen molar-refractivity contribution >= 4 is 11.9 Å². The van der Waals surface area contributed by atoms with Crippen LogP contribution in [0.4, 0.5) is 0 Å². The second-order valence-corrected chi connectivity index (χ2v) is 7.48. The Kier molecular flexibility index (Phi) is 4.04. The minimum absolute atomic E-state index is 0.178. The van der Waals surface area contributed by atoms with Crippen LogP contribution in [0.15, 0.2) is 12.1 Å². The van der Waals surface area contributed by atoms with Crippen molar-refractivity contribution in [1.29, 1.82) is 0 Å². The highest BCUT2D eigenvalue weighted by atomic mass is 16.5. The Bertz CT molecular complexity index is 722. The van der Waals surface area contributed by atoms with Gasteiger partial charge in [0.15, 0.2) is 0 Å². The van der Waals surface area contributed by atoms with Crippen LogP contribution in [-0.2, 0) is 16.1 Å². The number of amides is 1. The number of β-amino-alcohol motifs (C(OH)–C–C–N with tert-alkyl or cyclic N) is 1. The maximum atomic E-state index is 12.1. The number of aliphatic hydroxyl groups excluding tert-OH is 1. The molecule has 6 nitrogen and oxygen atoms in total. The summed E-state index contributed by atoms with van der Waals surface area (Å²) < 4.78 is 5.08. The fourth-order valence-corrected chi connectivity index (χ4v) is 4.43. The van der Waals surface area contributed by atoms with E-state index in [1.807, 2.05) is 13.0 Å². The Morgan fingerprint density at radius 2 is 2.04 bits per heavy atom. The number of hydrogen-bond acceptors (Lipinski definition) is 5. The van der Waals surface area contributed by atoms with Gasteiger partial charge >= 0.3 is 5.97 Å². The molecule has 4 rings (SSSR count). The highest BCUT2D eigenvalue weighted by Crippen LogP contribution is 2.38. The van der Waals surface area contributed by atoms with E-state index in [1.54, 1.807) is 6.07 Å². The van der Waals surface area contributed by atoms with Gasteiger partial charge in [-0.1, -0.05) is 6.07 Å². The number of likely N-dealkylation sites (tertiary alicyclic amines) is 1. The van der Waals surface area contributed by atoms with E-state index in [9.17, 15) is 14.7 Å². The van der Waals surface area contributed by atoms with Gasteiger partial charge in [-0.15, -0.1) is 0 Å².